The third-order valence-electron chi connectivity index (χ3n) is 3.95. The van der Waals surface area contributed by atoms with E-state index in [1.165, 1.54) is 0 Å². The molecule has 0 aromatic heterocycles. The number of rotatable bonds is 7. The Bertz CT molecular complexity index is 269. The Morgan fingerprint density at radius 3 is 2.74 bits per heavy atom. The molecule has 0 radical (unpaired) electrons. The number of carbonyl (C=O) groups excluding carboxylic acids is 1. The van der Waals surface area contributed by atoms with E-state index in [1.54, 1.807) is 0 Å². The third kappa shape index (κ3) is 6.39. The highest BCUT2D eigenvalue weighted by Gasteiger charge is 2.29. The number of unbranched alkanes of at least 4 members (excludes halogenated alkanes) is 1. The van der Waals surface area contributed by atoms with Crippen LogP contribution in [0.25, 0.3) is 0 Å². The molecule has 1 rings (SSSR count). The van der Waals surface area contributed by atoms with Crippen LogP contribution in [0.4, 0.5) is 0 Å². The van der Waals surface area contributed by atoms with Gasteiger partial charge in [-0.25, -0.2) is 0 Å². The second-order valence-corrected chi connectivity index (χ2v) is 6.07. The number of hydrogen-bond donors (Lipinski definition) is 2. The Labute approximate surface area is 117 Å². The van der Waals surface area contributed by atoms with Crippen molar-refractivity contribution in [1.82, 2.24) is 5.32 Å². The minimum absolute atomic E-state index is 0.123. The van der Waals surface area contributed by atoms with Gasteiger partial charge in [0.2, 0.25) is 5.91 Å². The normalized spacial score (nSPS) is 27.5. The molecule has 0 aliphatic heterocycles. The van der Waals surface area contributed by atoms with Gasteiger partial charge in [-0.05, 0) is 51.9 Å². The molecule has 19 heavy (non-hydrogen) atoms. The molecule has 1 fully saturated rings. The minimum atomic E-state index is 0.123. The lowest BCUT2D eigenvalue weighted by Gasteiger charge is -2.31. The second-order valence-electron chi connectivity index (χ2n) is 6.07. The molecule has 1 saturated carbocycles. The molecule has 3 N–H and O–H groups in total. The van der Waals surface area contributed by atoms with Gasteiger partial charge in [0.25, 0.3) is 0 Å². The zero-order valence-corrected chi connectivity index (χ0v) is 12.7. The molecule has 0 spiro atoms. The third-order valence-corrected chi connectivity index (χ3v) is 3.95. The van der Waals surface area contributed by atoms with E-state index in [9.17, 15) is 4.79 Å². The molecule has 1 amide bonds. The lowest BCUT2D eigenvalue weighted by Crippen LogP contribution is -2.41. The first-order valence-electron chi connectivity index (χ1n) is 7.65. The first-order chi connectivity index (χ1) is 9.00. The summed E-state index contributed by atoms with van der Waals surface area (Å²) in [6.07, 6.45) is 5.16. The van der Waals surface area contributed by atoms with Gasteiger partial charge in [0.1, 0.15) is 0 Å². The number of amides is 1. The summed E-state index contributed by atoms with van der Waals surface area (Å²) >= 11 is 0. The van der Waals surface area contributed by atoms with Crippen molar-refractivity contribution in [3.63, 3.8) is 0 Å². The van der Waals surface area contributed by atoms with E-state index in [4.69, 9.17) is 10.5 Å². The van der Waals surface area contributed by atoms with Crippen LogP contribution in [0.2, 0.25) is 0 Å². The minimum Gasteiger partial charge on any atom is -0.379 e. The van der Waals surface area contributed by atoms with Gasteiger partial charge in [0.05, 0.1) is 6.10 Å². The predicted molar refractivity (Wildman–Crippen MR) is 77.8 cm³/mol. The van der Waals surface area contributed by atoms with E-state index >= 15 is 0 Å². The van der Waals surface area contributed by atoms with Crippen LogP contribution in [0, 0.1) is 11.8 Å². The topological polar surface area (TPSA) is 64.3 Å². The Balaban J connectivity index is 2.08. The van der Waals surface area contributed by atoms with Crippen LogP contribution in [0.3, 0.4) is 0 Å². The monoisotopic (exact) mass is 270 g/mol. The molecule has 0 aromatic rings. The van der Waals surface area contributed by atoms with E-state index in [-0.39, 0.29) is 17.9 Å². The number of hydrogen-bond acceptors (Lipinski definition) is 3. The summed E-state index contributed by atoms with van der Waals surface area (Å²) < 4.78 is 5.46. The van der Waals surface area contributed by atoms with Crippen LogP contribution >= 0.6 is 0 Å². The zero-order valence-electron chi connectivity index (χ0n) is 12.7. The Morgan fingerprint density at radius 2 is 2.11 bits per heavy atom. The van der Waals surface area contributed by atoms with Crippen molar-refractivity contribution in [2.75, 3.05) is 13.2 Å². The maximum atomic E-state index is 12.0. The number of nitrogens with two attached hydrogens (primary N) is 1. The fourth-order valence-corrected chi connectivity index (χ4v) is 2.50. The maximum absolute atomic E-state index is 12.0. The molecule has 4 heteroatoms. The standard InChI is InChI=1S/C15H30N2O2/c1-11(2)19-9-5-4-8-17-15(18)13-7-6-12(3)14(16)10-13/h11-14H,4-10,16H2,1-3H3,(H,17,18). The SMILES string of the molecule is CC(C)OCCCCNC(=O)C1CCC(C)C(N)C1. The number of nitrogens with one attached hydrogen (secondary N) is 1. The number of ether oxygens (including phenoxy) is 1. The van der Waals surface area contributed by atoms with Crippen molar-refractivity contribution < 1.29 is 9.53 Å². The first-order valence-corrected chi connectivity index (χ1v) is 7.65. The first kappa shape index (κ1) is 16.4. The van der Waals surface area contributed by atoms with Gasteiger partial charge >= 0.3 is 0 Å². The molecule has 0 saturated heterocycles. The van der Waals surface area contributed by atoms with E-state index < -0.39 is 0 Å². The summed E-state index contributed by atoms with van der Waals surface area (Å²) in [6.45, 7) is 7.78. The zero-order chi connectivity index (χ0) is 14.3. The van der Waals surface area contributed by atoms with Crippen LogP contribution in [0.1, 0.15) is 52.9 Å². The highest BCUT2D eigenvalue weighted by molar-refractivity contribution is 5.78. The molecular weight excluding hydrogens is 240 g/mol. The Hall–Kier alpha value is -0.610. The van der Waals surface area contributed by atoms with Crippen LogP contribution in [0.5, 0.6) is 0 Å². The molecule has 3 atom stereocenters. The average molecular weight is 270 g/mol. The smallest absolute Gasteiger partial charge is 0.223 e. The average Bonchev–Trinajstić information content (AvgIpc) is 2.36. The quantitative estimate of drug-likeness (QED) is 0.696. The van der Waals surface area contributed by atoms with Gasteiger partial charge in [-0.2, -0.15) is 0 Å². The van der Waals surface area contributed by atoms with E-state index in [0.717, 1.165) is 45.3 Å². The van der Waals surface area contributed by atoms with Crippen molar-refractivity contribution in [2.24, 2.45) is 17.6 Å². The van der Waals surface area contributed by atoms with Gasteiger partial charge in [-0.15, -0.1) is 0 Å². The molecule has 4 nitrogen and oxygen atoms in total. The van der Waals surface area contributed by atoms with Gasteiger partial charge in [-0.1, -0.05) is 6.92 Å². The molecule has 1 aliphatic carbocycles. The van der Waals surface area contributed by atoms with Crippen LogP contribution < -0.4 is 11.1 Å². The van der Waals surface area contributed by atoms with E-state index in [1.807, 2.05) is 13.8 Å². The van der Waals surface area contributed by atoms with Crippen LogP contribution in [-0.4, -0.2) is 31.2 Å². The van der Waals surface area contributed by atoms with Crippen molar-refractivity contribution in [1.29, 1.82) is 0 Å². The molecule has 0 aromatic carbocycles. The van der Waals surface area contributed by atoms with Crippen LogP contribution in [0.15, 0.2) is 0 Å². The Kier molecular flexibility index (Phi) is 7.39. The van der Waals surface area contributed by atoms with E-state index in [2.05, 4.69) is 12.2 Å². The maximum Gasteiger partial charge on any atom is 0.223 e. The van der Waals surface area contributed by atoms with Gasteiger partial charge < -0.3 is 15.8 Å². The summed E-state index contributed by atoms with van der Waals surface area (Å²) in [7, 11) is 0. The fourth-order valence-electron chi connectivity index (χ4n) is 2.50. The lowest BCUT2D eigenvalue weighted by atomic mass is 9.79. The highest BCUT2D eigenvalue weighted by Crippen LogP contribution is 2.27. The predicted octanol–water partition coefficient (Wildman–Crippen LogP) is 2.07. The number of carbonyl (C=O) groups is 1. The second kappa shape index (κ2) is 8.54. The molecule has 3 unspecified atom stereocenters. The molecular formula is C15H30N2O2. The van der Waals surface area contributed by atoms with Crippen LogP contribution in [-0.2, 0) is 9.53 Å². The summed E-state index contributed by atoms with van der Waals surface area (Å²) in [5.41, 5.74) is 6.03. The Morgan fingerprint density at radius 1 is 1.37 bits per heavy atom. The van der Waals surface area contributed by atoms with E-state index in [0.29, 0.717) is 12.0 Å². The summed E-state index contributed by atoms with van der Waals surface area (Å²) in [4.78, 5) is 12.0. The summed E-state index contributed by atoms with van der Waals surface area (Å²) in [5.74, 6) is 0.863. The molecule has 1 aliphatic rings. The van der Waals surface area contributed by atoms with Gasteiger partial charge in [0.15, 0.2) is 0 Å². The van der Waals surface area contributed by atoms with Gasteiger partial charge in [-0.3, -0.25) is 4.79 Å². The summed E-state index contributed by atoms with van der Waals surface area (Å²) in [6, 6.07) is 0.184. The highest BCUT2D eigenvalue weighted by atomic mass is 16.5. The summed E-state index contributed by atoms with van der Waals surface area (Å²) in [5, 5.41) is 3.03. The van der Waals surface area contributed by atoms with Crippen molar-refractivity contribution >= 4 is 5.91 Å². The molecule has 0 heterocycles. The molecule has 0 bridgehead atoms. The van der Waals surface area contributed by atoms with Crippen molar-refractivity contribution in [3.8, 4) is 0 Å². The fraction of sp³-hybridized carbons (Fsp3) is 0.933. The van der Waals surface area contributed by atoms with Crippen molar-refractivity contribution in [3.05, 3.63) is 0 Å². The van der Waals surface area contributed by atoms with Crippen molar-refractivity contribution in [2.45, 2.75) is 65.0 Å². The largest absolute Gasteiger partial charge is 0.379 e. The molecule has 112 valence electrons. The van der Waals surface area contributed by atoms with Gasteiger partial charge in [0, 0.05) is 25.1 Å². The lowest BCUT2D eigenvalue weighted by molar-refractivity contribution is -0.126.